The zero-order valence-electron chi connectivity index (χ0n) is 14.6. The Kier molecular flexibility index (Phi) is 5.46. The largest absolute Gasteiger partial charge is 0.497 e. The first kappa shape index (κ1) is 18.5. The minimum Gasteiger partial charge on any atom is -0.497 e. The van der Waals surface area contributed by atoms with E-state index in [1.807, 2.05) is 0 Å². The van der Waals surface area contributed by atoms with Crippen LogP contribution in [0.2, 0.25) is 0 Å². The normalized spacial score (nSPS) is 14.8. The minimum absolute atomic E-state index is 0.0863. The number of hydrogen-bond donors (Lipinski definition) is 2. The lowest BCUT2D eigenvalue weighted by Gasteiger charge is -2.10. The number of methoxy groups -OCH3 is 2. The molecule has 0 radical (unpaired) electrons. The van der Waals surface area contributed by atoms with Gasteiger partial charge in [-0.05, 0) is 59.8 Å². The molecular weight excluding hydrogens is 368 g/mol. The quantitative estimate of drug-likeness (QED) is 0.467. The topological polar surface area (TPSA) is 97.7 Å². The maximum atomic E-state index is 12.3. The number of nitrogens with one attached hydrogen (secondary N) is 2. The van der Waals surface area contributed by atoms with Gasteiger partial charge < -0.3 is 19.5 Å². The molecule has 0 aromatic heterocycles. The van der Waals surface area contributed by atoms with Crippen LogP contribution in [0.5, 0.6) is 17.2 Å². The predicted octanol–water partition coefficient (Wildman–Crippen LogP) is 3.06. The second-order valence-electron chi connectivity index (χ2n) is 5.42. The van der Waals surface area contributed by atoms with E-state index in [0.717, 1.165) is 11.8 Å². The van der Waals surface area contributed by atoms with Crippen molar-refractivity contribution < 1.29 is 23.8 Å². The van der Waals surface area contributed by atoms with Crippen LogP contribution in [0, 0.1) is 5.41 Å². The molecule has 1 fully saturated rings. The molecule has 0 bridgehead atoms. The first-order valence-corrected chi connectivity index (χ1v) is 8.65. The van der Waals surface area contributed by atoms with Gasteiger partial charge in [0.2, 0.25) is 0 Å². The Bertz CT molecular complexity index is 938. The van der Waals surface area contributed by atoms with Gasteiger partial charge in [0.05, 0.1) is 24.7 Å². The summed E-state index contributed by atoms with van der Waals surface area (Å²) in [5.74, 6) is 0.407. The smallest absolute Gasteiger partial charge is 0.343 e. The van der Waals surface area contributed by atoms with Crippen molar-refractivity contribution >= 4 is 34.9 Å². The van der Waals surface area contributed by atoms with Crippen molar-refractivity contribution in [1.29, 1.82) is 5.41 Å². The van der Waals surface area contributed by atoms with Crippen LogP contribution >= 0.6 is 11.8 Å². The Balaban J connectivity index is 1.80. The number of rotatable bonds is 5. The van der Waals surface area contributed by atoms with Crippen LogP contribution in [0.1, 0.15) is 15.9 Å². The molecule has 0 saturated carbocycles. The number of esters is 1. The second-order valence-corrected chi connectivity index (χ2v) is 6.47. The lowest BCUT2D eigenvalue weighted by Crippen LogP contribution is -2.18. The first-order chi connectivity index (χ1) is 13.0. The molecule has 7 nitrogen and oxygen atoms in total. The van der Waals surface area contributed by atoms with E-state index in [4.69, 9.17) is 19.6 Å². The van der Waals surface area contributed by atoms with Crippen molar-refractivity contribution in [2.75, 3.05) is 14.2 Å². The molecule has 0 atom stereocenters. The highest BCUT2D eigenvalue weighted by Crippen LogP contribution is 2.32. The Morgan fingerprint density at radius 3 is 2.41 bits per heavy atom. The van der Waals surface area contributed by atoms with Crippen molar-refractivity contribution in [3.63, 3.8) is 0 Å². The van der Waals surface area contributed by atoms with Gasteiger partial charge in [-0.25, -0.2) is 4.79 Å². The molecule has 138 valence electrons. The van der Waals surface area contributed by atoms with Crippen LogP contribution in [0.3, 0.4) is 0 Å². The van der Waals surface area contributed by atoms with Gasteiger partial charge in [-0.2, -0.15) is 0 Å². The molecular formula is C19H16N2O5S. The third-order valence-electron chi connectivity index (χ3n) is 3.68. The van der Waals surface area contributed by atoms with Crippen molar-refractivity contribution in [3.05, 3.63) is 58.5 Å². The summed E-state index contributed by atoms with van der Waals surface area (Å²) in [5.41, 5.74) is 1.06. The Morgan fingerprint density at radius 1 is 1.07 bits per heavy atom. The fourth-order valence-electron chi connectivity index (χ4n) is 2.34. The summed E-state index contributed by atoms with van der Waals surface area (Å²) in [5, 5.41) is 9.97. The van der Waals surface area contributed by atoms with Gasteiger partial charge in [0.15, 0.2) is 16.7 Å². The summed E-state index contributed by atoms with van der Waals surface area (Å²) in [4.78, 5) is 24.4. The van der Waals surface area contributed by atoms with E-state index in [1.54, 1.807) is 55.7 Å². The van der Waals surface area contributed by atoms with E-state index in [-0.39, 0.29) is 16.8 Å². The Labute approximate surface area is 159 Å². The number of thioether (sulfide) groups is 1. The Morgan fingerprint density at radius 2 is 1.81 bits per heavy atom. The molecule has 2 aromatic carbocycles. The third kappa shape index (κ3) is 4.29. The highest BCUT2D eigenvalue weighted by molar-refractivity contribution is 8.18. The van der Waals surface area contributed by atoms with E-state index in [1.165, 1.54) is 7.11 Å². The zero-order chi connectivity index (χ0) is 19.4. The standard InChI is InChI=1S/C19H16N2O5S/c1-24-13-6-4-12(5-7-13)18(23)26-14-8-3-11(9-15(14)25-2)10-16-17(22)21-19(20)27-16/h3-10H,1-2H3,(H2,20,21,22). The van der Waals surface area contributed by atoms with Gasteiger partial charge in [0.1, 0.15) is 5.75 Å². The molecule has 3 rings (SSSR count). The molecule has 1 amide bonds. The fraction of sp³-hybridized carbons (Fsp3) is 0.105. The van der Waals surface area contributed by atoms with Gasteiger partial charge in [-0.3, -0.25) is 10.2 Å². The van der Waals surface area contributed by atoms with Crippen molar-refractivity contribution in [2.24, 2.45) is 0 Å². The van der Waals surface area contributed by atoms with Crippen LogP contribution in [0.4, 0.5) is 0 Å². The predicted molar refractivity (Wildman–Crippen MR) is 102 cm³/mol. The highest BCUT2D eigenvalue weighted by atomic mass is 32.2. The molecule has 1 heterocycles. The number of amidine groups is 1. The number of carbonyl (C=O) groups excluding carboxylic acids is 2. The summed E-state index contributed by atoms with van der Waals surface area (Å²) >= 11 is 1.04. The van der Waals surface area contributed by atoms with Crippen molar-refractivity contribution in [1.82, 2.24) is 5.32 Å². The molecule has 1 aliphatic heterocycles. The number of ether oxygens (including phenoxy) is 3. The van der Waals surface area contributed by atoms with Crippen LogP contribution < -0.4 is 19.5 Å². The SMILES string of the molecule is COc1ccc(C(=O)Oc2ccc(C=C3SC(=N)NC3=O)cc2OC)cc1. The molecule has 2 N–H and O–H groups in total. The van der Waals surface area contributed by atoms with Gasteiger partial charge in [0, 0.05) is 0 Å². The van der Waals surface area contributed by atoms with Crippen molar-refractivity contribution in [2.45, 2.75) is 0 Å². The zero-order valence-corrected chi connectivity index (χ0v) is 15.4. The number of benzene rings is 2. The van der Waals surface area contributed by atoms with Crippen LogP contribution in [0.25, 0.3) is 6.08 Å². The summed E-state index contributed by atoms with van der Waals surface area (Å²) in [7, 11) is 3.01. The van der Waals surface area contributed by atoms with E-state index in [9.17, 15) is 9.59 Å². The summed E-state index contributed by atoms with van der Waals surface area (Å²) in [6, 6.07) is 11.5. The number of amides is 1. The number of hydrogen-bond acceptors (Lipinski definition) is 7. The maximum Gasteiger partial charge on any atom is 0.343 e. The fourth-order valence-corrected chi connectivity index (χ4v) is 3.04. The molecule has 27 heavy (non-hydrogen) atoms. The molecule has 8 heteroatoms. The summed E-state index contributed by atoms with van der Waals surface area (Å²) in [6.45, 7) is 0. The van der Waals surface area contributed by atoms with E-state index in [0.29, 0.717) is 27.5 Å². The summed E-state index contributed by atoms with van der Waals surface area (Å²) < 4.78 is 15.8. The second kappa shape index (κ2) is 7.96. The van der Waals surface area contributed by atoms with E-state index >= 15 is 0 Å². The summed E-state index contributed by atoms with van der Waals surface area (Å²) in [6.07, 6.45) is 1.64. The minimum atomic E-state index is -0.527. The van der Waals surface area contributed by atoms with Crippen LogP contribution in [-0.2, 0) is 4.79 Å². The molecule has 0 aliphatic carbocycles. The molecule has 1 saturated heterocycles. The van der Waals surface area contributed by atoms with Gasteiger partial charge in [-0.1, -0.05) is 6.07 Å². The molecule has 2 aromatic rings. The average Bonchev–Trinajstić information content (AvgIpc) is 2.99. The van der Waals surface area contributed by atoms with Gasteiger partial charge >= 0.3 is 5.97 Å². The monoisotopic (exact) mass is 384 g/mol. The van der Waals surface area contributed by atoms with E-state index < -0.39 is 5.97 Å². The Hall–Kier alpha value is -3.26. The molecule has 0 spiro atoms. The highest BCUT2D eigenvalue weighted by Gasteiger charge is 2.22. The lowest BCUT2D eigenvalue weighted by molar-refractivity contribution is -0.115. The van der Waals surface area contributed by atoms with E-state index in [2.05, 4.69) is 5.32 Å². The van der Waals surface area contributed by atoms with Crippen molar-refractivity contribution in [3.8, 4) is 17.2 Å². The van der Waals surface area contributed by atoms with Crippen LogP contribution in [-0.4, -0.2) is 31.3 Å². The van der Waals surface area contributed by atoms with Gasteiger partial charge in [0.25, 0.3) is 5.91 Å². The van der Waals surface area contributed by atoms with Crippen LogP contribution in [0.15, 0.2) is 47.4 Å². The number of carbonyl (C=O) groups is 2. The molecule has 1 aliphatic rings. The third-order valence-corrected chi connectivity index (χ3v) is 4.51. The maximum absolute atomic E-state index is 12.3. The lowest BCUT2D eigenvalue weighted by atomic mass is 10.1. The average molecular weight is 384 g/mol. The van der Waals surface area contributed by atoms with Gasteiger partial charge in [-0.15, -0.1) is 0 Å². The first-order valence-electron chi connectivity index (χ1n) is 7.84. The molecule has 0 unspecified atom stereocenters.